The van der Waals surface area contributed by atoms with Gasteiger partial charge in [-0.15, -0.1) is 0 Å². The molecule has 0 bridgehead atoms. The Hall–Kier alpha value is -1.93. The first-order valence-corrected chi connectivity index (χ1v) is 10.2. The fourth-order valence-electron chi connectivity index (χ4n) is 2.51. The van der Waals surface area contributed by atoms with E-state index in [2.05, 4.69) is 4.72 Å². The van der Waals surface area contributed by atoms with Gasteiger partial charge >= 0.3 is 5.97 Å². The number of hydrogen-bond donors (Lipinski definition) is 1. The predicted molar refractivity (Wildman–Crippen MR) is 99.3 cm³/mol. The molecule has 0 aliphatic rings. The Morgan fingerprint density at radius 3 is 2.23 bits per heavy atom. The van der Waals surface area contributed by atoms with Gasteiger partial charge in [0.1, 0.15) is 0 Å². The van der Waals surface area contributed by atoms with Gasteiger partial charge in [-0.2, -0.15) is 0 Å². The minimum atomic E-state index is -3.66. The third kappa shape index (κ3) is 5.54. The summed E-state index contributed by atoms with van der Waals surface area (Å²) in [7, 11) is -2.37. The zero-order valence-electron chi connectivity index (χ0n) is 16.0. The van der Waals surface area contributed by atoms with E-state index < -0.39 is 16.0 Å². The van der Waals surface area contributed by atoms with E-state index in [0.29, 0.717) is 0 Å². The molecular weight excluding hydrogens is 356 g/mol. The number of ether oxygens (including phenoxy) is 1. The van der Waals surface area contributed by atoms with E-state index in [1.54, 1.807) is 4.90 Å². The van der Waals surface area contributed by atoms with E-state index in [0.717, 1.165) is 12.8 Å². The Bertz CT molecular complexity index is 723. The van der Waals surface area contributed by atoms with Crippen molar-refractivity contribution < 1.29 is 22.7 Å². The first-order valence-electron chi connectivity index (χ1n) is 8.69. The maximum absolute atomic E-state index is 12.5. The Balaban J connectivity index is 2.85. The SMILES string of the molecule is CC[C@@H](C)N(C(=O)COC(=O)c1cccc(S(=O)(=O)NC)c1)[C@H](C)CC. The lowest BCUT2D eigenvalue weighted by atomic mass is 10.1. The monoisotopic (exact) mass is 384 g/mol. The molecule has 0 unspecified atom stereocenters. The summed E-state index contributed by atoms with van der Waals surface area (Å²) >= 11 is 0. The Morgan fingerprint density at radius 2 is 1.73 bits per heavy atom. The van der Waals surface area contributed by atoms with Crippen molar-refractivity contribution in [3.8, 4) is 0 Å². The van der Waals surface area contributed by atoms with Crippen molar-refractivity contribution in [1.29, 1.82) is 0 Å². The highest BCUT2D eigenvalue weighted by Crippen LogP contribution is 2.14. The van der Waals surface area contributed by atoms with E-state index in [1.165, 1.54) is 31.3 Å². The Labute approximate surface area is 155 Å². The topological polar surface area (TPSA) is 92.8 Å². The molecular formula is C18H28N2O5S. The number of rotatable bonds is 9. The molecule has 0 fully saturated rings. The van der Waals surface area contributed by atoms with Crippen LogP contribution in [-0.2, 0) is 19.6 Å². The fourth-order valence-corrected chi connectivity index (χ4v) is 3.29. The largest absolute Gasteiger partial charge is 0.452 e. The lowest BCUT2D eigenvalue weighted by molar-refractivity contribution is -0.139. The van der Waals surface area contributed by atoms with Gasteiger partial charge in [-0.05, 0) is 51.9 Å². The van der Waals surface area contributed by atoms with Crippen LogP contribution < -0.4 is 4.72 Å². The summed E-state index contributed by atoms with van der Waals surface area (Å²) in [6.07, 6.45) is 1.60. The number of esters is 1. The van der Waals surface area contributed by atoms with Crippen LogP contribution in [0.5, 0.6) is 0 Å². The van der Waals surface area contributed by atoms with E-state index in [-0.39, 0.29) is 35.1 Å². The zero-order chi connectivity index (χ0) is 19.9. The third-order valence-corrected chi connectivity index (χ3v) is 5.81. The first-order chi connectivity index (χ1) is 12.2. The van der Waals surface area contributed by atoms with Gasteiger partial charge in [-0.1, -0.05) is 19.9 Å². The molecule has 0 spiro atoms. The molecule has 0 saturated carbocycles. The molecule has 26 heavy (non-hydrogen) atoms. The van der Waals surface area contributed by atoms with Gasteiger partial charge in [0.15, 0.2) is 6.61 Å². The zero-order valence-corrected chi connectivity index (χ0v) is 16.8. The van der Waals surface area contributed by atoms with Crippen LogP contribution in [0.4, 0.5) is 0 Å². The van der Waals surface area contributed by atoms with Gasteiger partial charge in [0.25, 0.3) is 5.91 Å². The molecule has 0 saturated heterocycles. The lowest BCUT2D eigenvalue weighted by Crippen LogP contribution is -2.46. The van der Waals surface area contributed by atoms with E-state index in [4.69, 9.17) is 4.74 Å². The highest BCUT2D eigenvalue weighted by atomic mass is 32.2. The van der Waals surface area contributed by atoms with Crippen LogP contribution in [-0.4, -0.2) is 50.9 Å². The second-order valence-electron chi connectivity index (χ2n) is 6.13. The molecule has 1 N–H and O–H groups in total. The Kier molecular flexibility index (Phi) is 8.23. The second-order valence-corrected chi connectivity index (χ2v) is 8.01. The molecule has 0 heterocycles. The molecule has 146 valence electrons. The summed E-state index contributed by atoms with van der Waals surface area (Å²) < 4.78 is 30.9. The highest BCUT2D eigenvalue weighted by molar-refractivity contribution is 7.89. The molecule has 0 aliphatic carbocycles. The molecule has 7 nitrogen and oxygen atoms in total. The van der Waals surface area contributed by atoms with Crippen molar-refractivity contribution in [3.63, 3.8) is 0 Å². The van der Waals surface area contributed by atoms with Gasteiger partial charge in [0.2, 0.25) is 10.0 Å². The summed E-state index contributed by atoms with van der Waals surface area (Å²) in [6, 6.07) is 5.58. The van der Waals surface area contributed by atoms with Gasteiger partial charge in [-0.3, -0.25) is 4.79 Å². The number of nitrogens with zero attached hydrogens (tertiary/aromatic N) is 1. The summed E-state index contributed by atoms with van der Waals surface area (Å²) in [6.45, 7) is 7.52. The second kappa shape index (κ2) is 9.68. The van der Waals surface area contributed by atoms with Gasteiger partial charge in [0, 0.05) is 12.1 Å². The predicted octanol–water partition coefficient (Wildman–Crippen LogP) is 2.18. The van der Waals surface area contributed by atoms with E-state index >= 15 is 0 Å². The van der Waals surface area contributed by atoms with Gasteiger partial charge in [0.05, 0.1) is 10.5 Å². The molecule has 1 rings (SSSR count). The average Bonchev–Trinajstić information content (AvgIpc) is 2.65. The van der Waals surface area contributed by atoms with Crippen molar-refractivity contribution in [2.75, 3.05) is 13.7 Å². The minimum absolute atomic E-state index is 0.0402. The number of nitrogens with one attached hydrogen (secondary N) is 1. The molecule has 1 aromatic rings. The molecule has 2 atom stereocenters. The van der Waals surface area contributed by atoms with Crippen LogP contribution in [0.3, 0.4) is 0 Å². The van der Waals surface area contributed by atoms with Crippen molar-refractivity contribution >= 4 is 21.9 Å². The standard InChI is InChI=1S/C18H28N2O5S/c1-6-13(3)20(14(4)7-2)17(21)12-25-18(22)15-9-8-10-16(11-15)26(23,24)19-5/h8-11,13-14,19H,6-7,12H2,1-5H3/t13-,14-/m1/s1. The molecule has 0 radical (unpaired) electrons. The smallest absolute Gasteiger partial charge is 0.338 e. The number of carbonyl (C=O) groups is 2. The van der Waals surface area contributed by atoms with Crippen molar-refractivity contribution in [2.24, 2.45) is 0 Å². The van der Waals surface area contributed by atoms with Gasteiger partial charge in [-0.25, -0.2) is 17.9 Å². The quantitative estimate of drug-likeness (QED) is 0.659. The lowest BCUT2D eigenvalue weighted by Gasteiger charge is -2.33. The maximum atomic E-state index is 12.5. The van der Waals surface area contributed by atoms with Crippen molar-refractivity contribution in [2.45, 2.75) is 57.5 Å². The highest BCUT2D eigenvalue weighted by Gasteiger charge is 2.25. The van der Waals surface area contributed by atoms with Crippen molar-refractivity contribution in [1.82, 2.24) is 9.62 Å². The number of carbonyl (C=O) groups excluding carboxylic acids is 2. The van der Waals surface area contributed by atoms with E-state index in [9.17, 15) is 18.0 Å². The van der Waals surface area contributed by atoms with Crippen LogP contribution in [0.1, 0.15) is 50.9 Å². The molecule has 1 amide bonds. The number of amides is 1. The summed E-state index contributed by atoms with van der Waals surface area (Å²) in [5.41, 5.74) is 0.0766. The van der Waals surface area contributed by atoms with Crippen LogP contribution in [0.25, 0.3) is 0 Å². The van der Waals surface area contributed by atoms with Crippen LogP contribution in [0, 0.1) is 0 Å². The fraction of sp³-hybridized carbons (Fsp3) is 0.556. The van der Waals surface area contributed by atoms with Crippen LogP contribution in [0.15, 0.2) is 29.2 Å². The average molecular weight is 384 g/mol. The van der Waals surface area contributed by atoms with E-state index in [1.807, 2.05) is 27.7 Å². The van der Waals surface area contributed by atoms with Crippen LogP contribution in [0.2, 0.25) is 0 Å². The normalized spacial score (nSPS) is 13.7. The van der Waals surface area contributed by atoms with Crippen molar-refractivity contribution in [3.05, 3.63) is 29.8 Å². The number of benzene rings is 1. The summed E-state index contributed by atoms with van der Waals surface area (Å²) in [4.78, 5) is 26.4. The Morgan fingerprint density at radius 1 is 1.15 bits per heavy atom. The van der Waals surface area contributed by atoms with Crippen LogP contribution >= 0.6 is 0 Å². The molecule has 1 aromatic carbocycles. The van der Waals surface area contributed by atoms with Gasteiger partial charge < -0.3 is 9.64 Å². The molecule has 0 aliphatic heterocycles. The first kappa shape index (κ1) is 22.1. The maximum Gasteiger partial charge on any atom is 0.338 e. The third-order valence-electron chi connectivity index (χ3n) is 4.39. The minimum Gasteiger partial charge on any atom is -0.452 e. The number of sulfonamides is 1. The summed E-state index contributed by atoms with van der Waals surface area (Å²) in [5, 5.41) is 0. The summed E-state index contributed by atoms with van der Waals surface area (Å²) in [5.74, 6) is -0.999. The molecule has 0 aromatic heterocycles. The number of hydrogen-bond acceptors (Lipinski definition) is 5. The molecule has 8 heteroatoms.